The predicted molar refractivity (Wildman–Crippen MR) is 141 cm³/mol. The Balaban J connectivity index is 1.28. The van der Waals surface area contributed by atoms with Crippen LogP contribution in [-0.2, 0) is 25.7 Å². The lowest BCUT2D eigenvalue weighted by Crippen LogP contribution is -2.33. The van der Waals surface area contributed by atoms with Crippen molar-refractivity contribution in [3.8, 4) is 11.5 Å². The van der Waals surface area contributed by atoms with E-state index in [9.17, 15) is 19.2 Å². The molecule has 3 aromatic carbocycles. The standard InChI is InChI=1S/C29H23NO7S/c1-35-29(34)22-9-5-6-10-26(22)38-27-16-24(31)23(15-25(27)32)30-28(33)18-37-21-13-11-20(12-14-21)36-17-19-7-3-2-4-8-19/h2-16H,17-18H2,1H3,(H,30,33). The van der Waals surface area contributed by atoms with Gasteiger partial charge in [-0.3, -0.25) is 14.4 Å². The van der Waals surface area contributed by atoms with E-state index >= 15 is 0 Å². The second-order valence-electron chi connectivity index (χ2n) is 7.97. The van der Waals surface area contributed by atoms with Crippen molar-refractivity contribution < 1.29 is 33.4 Å². The number of hydrogen-bond acceptors (Lipinski definition) is 8. The minimum absolute atomic E-state index is 0.121. The van der Waals surface area contributed by atoms with E-state index in [-0.39, 0.29) is 22.8 Å². The van der Waals surface area contributed by atoms with Crippen molar-refractivity contribution in [1.29, 1.82) is 0 Å². The zero-order valence-corrected chi connectivity index (χ0v) is 21.2. The number of amides is 1. The number of esters is 1. The van der Waals surface area contributed by atoms with E-state index in [2.05, 4.69) is 5.32 Å². The van der Waals surface area contributed by atoms with Crippen LogP contribution in [0.1, 0.15) is 15.9 Å². The molecule has 0 unspecified atom stereocenters. The van der Waals surface area contributed by atoms with Gasteiger partial charge in [0.05, 0.1) is 23.3 Å². The minimum atomic E-state index is -0.595. The van der Waals surface area contributed by atoms with Gasteiger partial charge in [0.15, 0.2) is 12.4 Å². The van der Waals surface area contributed by atoms with Crippen LogP contribution in [0.15, 0.2) is 107 Å². The fraction of sp³-hybridized carbons (Fsp3) is 0.103. The summed E-state index contributed by atoms with van der Waals surface area (Å²) in [6.45, 7) is 0.0681. The lowest BCUT2D eigenvalue weighted by molar-refractivity contribution is -0.124. The summed E-state index contributed by atoms with van der Waals surface area (Å²) in [5.74, 6) is -1.08. The Bertz CT molecular complexity index is 1410. The normalized spacial score (nSPS) is 12.8. The average Bonchev–Trinajstić information content (AvgIpc) is 2.94. The third kappa shape index (κ3) is 6.98. The molecular weight excluding hydrogens is 506 g/mol. The van der Waals surface area contributed by atoms with Crippen molar-refractivity contribution >= 4 is 35.2 Å². The van der Waals surface area contributed by atoms with Crippen LogP contribution in [0.25, 0.3) is 0 Å². The Morgan fingerprint density at radius 3 is 2.16 bits per heavy atom. The van der Waals surface area contributed by atoms with E-state index < -0.39 is 23.4 Å². The van der Waals surface area contributed by atoms with Gasteiger partial charge >= 0.3 is 5.97 Å². The van der Waals surface area contributed by atoms with Crippen molar-refractivity contribution in [2.45, 2.75) is 11.5 Å². The topological polar surface area (TPSA) is 108 Å². The highest BCUT2D eigenvalue weighted by molar-refractivity contribution is 8.04. The molecule has 0 atom stereocenters. The minimum Gasteiger partial charge on any atom is -0.489 e. The number of hydrogen-bond donors (Lipinski definition) is 1. The maximum Gasteiger partial charge on any atom is 0.339 e. The highest BCUT2D eigenvalue weighted by Gasteiger charge is 2.24. The number of methoxy groups -OCH3 is 1. The molecule has 0 fully saturated rings. The maximum atomic E-state index is 12.6. The molecule has 1 N–H and O–H groups in total. The number of allylic oxidation sites excluding steroid dienone is 3. The summed E-state index contributed by atoms with van der Waals surface area (Å²) in [7, 11) is 1.26. The molecule has 1 amide bonds. The van der Waals surface area contributed by atoms with E-state index in [0.29, 0.717) is 23.0 Å². The molecule has 0 radical (unpaired) electrons. The number of ether oxygens (including phenoxy) is 3. The van der Waals surface area contributed by atoms with Crippen LogP contribution in [0.4, 0.5) is 0 Å². The Kier molecular flexibility index (Phi) is 8.73. The summed E-state index contributed by atoms with van der Waals surface area (Å²) >= 11 is 0.976. The van der Waals surface area contributed by atoms with Gasteiger partial charge in [0.1, 0.15) is 18.1 Å². The van der Waals surface area contributed by atoms with Gasteiger partial charge in [-0.2, -0.15) is 0 Å². The van der Waals surface area contributed by atoms with Gasteiger partial charge < -0.3 is 19.5 Å². The van der Waals surface area contributed by atoms with Crippen molar-refractivity contribution in [3.05, 3.63) is 113 Å². The van der Waals surface area contributed by atoms with E-state index in [0.717, 1.165) is 29.5 Å². The lowest BCUT2D eigenvalue weighted by atomic mass is 10.1. The van der Waals surface area contributed by atoms with E-state index in [1.54, 1.807) is 48.5 Å². The molecule has 8 nitrogen and oxygen atoms in total. The first-order valence-corrected chi connectivity index (χ1v) is 12.3. The average molecular weight is 530 g/mol. The Hall–Kier alpha value is -4.63. The molecule has 4 rings (SSSR count). The highest BCUT2D eigenvalue weighted by atomic mass is 32.2. The quantitative estimate of drug-likeness (QED) is 0.307. The first kappa shape index (κ1) is 26.4. The molecule has 0 aliphatic heterocycles. The highest BCUT2D eigenvalue weighted by Crippen LogP contribution is 2.32. The summed E-state index contributed by atoms with van der Waals surface area (Å²) < 4.78 is 16.0. The molecule has 0 saturated carbocycles. The fourth-order valence-electron chi connectivity index (χ4n) is 3.38. The van der Waals surface area contributed by atoms with Gasteiger partial charge in [-0.25, -0.2) is 4.79 Å². The number of thioether (sulfide) groups is 1. The molecule has 0 bridgehead atoms. The van der Waals surface area contributed by atoms with E-state index in [4.69, 9.17) is 14.2 Å². The third-order valence-electron chi connectivity index (χ3n) is 5.27. The summed E-state index contributed by atoms with van der Waals surface area (Å²) in [6.07, 6.45) is 2.19. The molecule has 1 aliphatic carbocycles. The first-order valence-electron chi connectivity index (χ1n) is 11.5. The smallest absolute Gasteiger partial charge is 0.339 e. The van der Waals surface area contributed by atoms with Gasteiger partial charge in [-0.15, -0.1) is 0 Å². The zero-order valence-electron chi connectivity index (χ0n) is 20.3. The van der Waals surface area contributed by atoms with Gasteiger partial charge in [0, 0.05) is 17.0 Å². The molecule has 1 aliphatic rings. The van der Waals surface area contributed by atoms with Crippen LogP contribution >= 0.6 is 11.8 Å². The molecule has 38 heavy (non-hydrogen) atoms. The summed E-state index contributed by atoms with van der Waals surface area (Å²) in [5, 5.41) is 2.42. The molecule has 0 spiro atoms. The SMILES string of the molecule is COC(=O)c1ccccc1SC1=CC(=O)C(NC(=O)COc2ccc(OCc3ccccc3)cc2)=CC1=O. The van der Waals surface area contributed by atoms with Crippen molar-refractivity contribution in [1.82, 2.24) is 5.32 Å². The number of rotatable bonds is 10. The number of nitrogens with one attached hydrogen (secondary N) is 1. The van der Waals surface area contributed by atoms with Crippen molar-refractivity contribution in [2.75, 3.05) is 13.7 Å². The van der Waals surface area contributed by atoms with Crippen LogP contribution in [0.5, 0.6) is 11.5 Å². The molecule has 3 aromatic rings. The Morgan fingerprint density at radius 2 is 1.45 bits per heavy atom. The Morgan fingerprint density at radius 1 is 0.789 bits per heavy atom. The molecule has 192 valence electrons. The maximum absolute atomic E-state index is 12.6. The summed E-state index contributed by atoms with van der Waals surface area (Å²) in [6, 6.07) is 23.1. The van der Waals surface area contributed by atoms with Gasteiger partial charge in [-0.1, -0.05) is 54.2 Å². The number of ketones is 2. The largest absolute Gasteiger partial charge is 0.489 e. The van der Waals surface area contributed by atoms with Crippen molar-refractivity contribution in [2.24, 2.45) is 0 Å². The van der Waals surface area contributed by atoms with Crippen LogP contribution in [0.3, 0.4) is 0 Å². The van der Waals surface area contributed by atoms with Gasteiger partial charge in [-0.05, 0) is 42.0 Å². The molecule has 0 saturated heterocycles. The number of carbonyl (C=O) groups is 4. The third-order valence-corrected chi connectivity index (χ3v) is 6.39. The molecular formula is C29H23NO7S. The molecule has 9 heteroatoms. The van der Waals surface area contributed by atoms with E-state index in [1.165, 1.54) is 7.11 Å². The van der Waals surface area contributed by atoms with E-state index in [1.807, 2.05) is 30.3 Å². The van der Waals surface area contributed by atoms with Crippen LogP contribution < -0.4 is 14.8 Å². The van der Waals surface area contributed by atoms with Gasteiger partial charge in [0.25, 0.3) is 5.91 Å². The lowest BCUT2D eigenvalue weighted by Gasteiger charge is -2.14. The molecule has 0 heterocycles. The molecule has 0 aromatic heterocycles. The van der Waals surface area contributed by atoms with Crippen LogP contribution in [0.2, 0.25) is 0 Å². The van der Waals surface area contributed by atoms with Gasteiger partial charge in [0.2, 0.25) is 5.78 Å². The zero-order chi connectivity index (χ0) is 26.9. The van der Waals surface area contributed by atoms with Crippen molar-refractivity contribution in [3.63, 3.8) is 0 Å². The van der Waals surface area contributed by atoms with Crippen LogP contribution in [-0.4, -0.2) is 37.2 Å². The predicted octanol–water partition coefficient (Wildman–Crippen LogP) is 4.26. The van der Waals surface area contributed by atoms with Crippen LogP contribution in [0, 0.1) is 0 Å². The monoisotopic (exact) mass is 529 g/mol. The summed E-state index contributed by atoms with van der Waals surface area (Å²) in [4.78, 5) is 50.1. The fourth-order valence-corrected chi connectivity index (χ4v) is 4.35. The second kappa shape index (κ2) is 12.6. The number of carbonyl (C=O) groups excluding carboxylic acids is 4. The second-order valence-corrected chi connectivity index (χ2v) is 9.05. The summed E-state index contributed by atoms with van der Waals surface area (Å²) in [5.41, 5.74) is 1.16. The number of benzene rings is 3. The Labute approximate surface area is 223 Å². The first-order chi connectivity index (χ1) is 18.4.